The van der Waals surface area contributed by atoms with E-state index in [2.05, 4.69) is 25.9 Å². The third-order valence-corrected chi connectivity index (χ3v) is 4.73. The monoisotopic (exact) mass is 402 g/mol. The SMILES string of the molecule is O=C(CCc1cccc(Br)c1)OCc1csc(-c2ccccn2)n1. The Bertz CT molecular complexity index is 821. The van der Waals surface area contributed by atoms with Gasteiger partial charge in [0.25, 0.3) is 0 Å². The highest BCUT2D eigenvalue weighted by atomic mass is 79.9. The Kier molecular flexibility index (Phi) is 5.72. The maximum Gasteiger partial charge on any atom is 0.306 e. The average molecular weight is 403 g/mol. The zero-order chi connectivity index (χ0) is 16.8. The van der Waals surface area contributed by atoms with E-state index in [4.69, 9.17) is 4.74 Å². The van der Waals surface area contributed by atoms with Crippen molar-refractivity contribution < 1.29 is 9.53 Å². The molecule has 0 unspecified atom stereocenters. The summed E-state index contributed by atoms with van der Waals surface area (Å²) in [6.45, 7) is 0.195. The van der Waals surface area contributed by atoms with Crippen LogP contribution in [0.2, 0.25) is 0 Å². The smallest absolute Gasteiger partial charge is 0.306 e. The van der Waals surface area contributed by atoms with Gasteiger partial charge in [0, 0.05) is 22.5 Å². The van der Waals surface area contributed by atoms with Crippen LogP contribution in [0.4, 0.5) is 0 Å². The topological polar surface area (TPSA) is 52.1 Å². The minimum Gasteiger partial charge on any atom is -0.459 e. The number of benzene rings is 1. The number of carbonyl (C=O) groups is 1. The Balaban J connectivity index is 1.49. The largest absolute Gasteiger partial charge is 0.459 e. The zero-order valence-electron chi connectivity index (χ0n) is 12.8. The van der Waals surface area contributed by atoms with E-state index in [1.54, 1.807) is 6.20 Å². The number of hydrogen-bond donors (Lipinski definition) is 0. The Morgan fingerprint density at radius 3 is 2.92 bits per heavy atom. The van der Waals surface area contributed by atoms with Crippen LogP contribution < -0.4 is 0 Å². The van der Waals surface area contributed by atoms with Gasteiger partial charge in [-0.25, -0.2) is 4.98 Å². The second-order valence-corrected chi connectivity index (χ2v) is 6.92. The van der Waals surface area contributed by atoms with Crippen LogP contribution in [-0.2, 0) is 22.6 Å². The summed E-state index contributed by atoms with van der Waals surface area (Å²) in [6, 6.07) is 13.6. The van der Waals surface area contributed by atoms with Gasteiger partial charge in [-0.05, 0) is 36.2 Å². The molecule has 0 saturated carbocycles. The second-order valence-electron chi connectivity index (χ2n) is 5.15. The number of hydrogen-bond acceptors (Lipinski definition) is 5. The summed E-state index contributed by atoms with van der Waals surface area (Å²) in [6.07, 6.45) is 2.75. The molecule has 0 amide bonds. The number of pyridine rings is 1. The van der Waals surface area contributed by atoms with Crippen LogP contribution in [0.25, 0.3) is 10.7 Å². The lowest BCUT2D eigenvalue weighted by Gasteiger charge is -2.04. The van der Waals surface area contributed by atoms with Gasteiger partial charge >= 0.3 is 5.97 Å². The molecule has 3 aromatic rings. The number of nitrogens with zero attached hydrogens (tertiary/aromatic N) is 2. The number of rotatable bonds is 6. The first-order chi connectivity index (χ1) is 11.7. The molecular formula is C18H15BrN2O2S. The van der Waals surface area contributed by atoms with E-state index in [1.807, 2.05) is 47.8 Å². The van der Waals surface area contributed by atoms with Gasteiger partial charge in [0.15, 0.2) is 0 Å². The zero-order valence-corrected chi connectivity index (χ0v) is 15.2. The lowest BCUT2D eigenvalue weighted by molar-refractivity contribution is -0.145. The van der Waals surface area contributed by atoms with Gasteiger partial charge in [-0.1, -0.05) is 34.1 Å². The van der Waals surface area contributed by atoms with Gasteiger partial charge < -0.3 is 4.74 Å². The first-order valence-electron chi connectivity index (χ1n) is 7.46. The predicted molar refractivity (Wildman–Crippen MR) is 97.6 cm³/mol. The summed E-state index contributed by atoms with van der Waals surface area (Å²) in [4.78, 5) is 20.6. The van der Waals surface area contributed by atoms with E-state index >= 15 is 0 Å². The third kappa shape index (κ3) is 4.72. The molecule has 24 heavy (non-hydrogen) atoms. The van der Waals surface area contributed by atoms with E-state index in [-0.39, 0.29) is 12.6 Å². The van der Waals surface area contributed by atoms with E-state index in [0.717, 1.165) is 26.4 Å². The van der Waals surface area contributed by atoms with Crippen LogP contribution in [0, 0.1) is 0 Å². The third-order valence-electron chi connectivity index (χ3n) is 3.32. The average Bonchev–Trinajstić information content (AvgIpc) is 3.08. The van der Waals surface area contributed by atoms with E-state index in [1.165, 1.54) is 11.3 Å². The highest BCUT2D eigenvalue weighted by Crippen LogP contribution is 2.21. The van der Waals surface area contributed by atoms with Crippen molar-refractivity contribution in [1.82, 2.24) is 9.97 Å². The quantitative estimate of drug-likeness (QED) is 0.563. The molecule has 0 fully saturated rings. The van der Waals surface area contributed by atoms with Crippen molar-refractivity contribution in [1.29, 1.82) is 0 Å². The van der Waals surface area contributed by atoms with Crippen LogP contribution >= 0.6 is 27.3 Å². The fourth-order valence-electron chi connectivity index (χ4n) is 2.15. The Morgan fingerprint density at radius 1 is 1.21 bits per heavy atom. The first kappa shape index (κ1) is 16.8. The molecule has 0 radical (unpaired) electrons. The van der Waals surface area contributed by atoms with Crippen molar-refractivity contribution in [2.75, 3.05) is 0 Å². The number of carbonyl (C=O) groups excluding carboxylic acids is 1. The fraction of sp³-hybridized carbons (Fsp3) is 0.167. The maximum atomic E-state index is 11.9. The molecule has 3 rings (SSSR count). The van der Waals surface area contributed by atoms with E-state index < -0.39 is 0 Å². The molecule has 0 bridgehead atoms. The Morgan fingerprint density at radius 2 is 2.12 bits per heavy atom. The maximum absolute atomic E-state index is 11.9. The summed E-state index contributed by atoms with van der Waals surface area (Å²) < 4.78 is 6.31. The van der Waals surface area contributed by atoms with Gasteiger partial charge in [0.1, 0.15) is 11.6 Å². The summed E-state index contributed by atoms with van der Waals surface area (Å²) in [7, 11) is 0. The van der Waals surface area contributed by atoms with Gasteiger partial charge in [0.05, 0.1) is 11.4 Å². The Hall–Kier alpha value is -2.05. The molecular weight excluding hydrogens is 388 g/mol. The molecule has 0 aliphatic rings. The van der Waals surface area contributed by atoms with Crippen molar-refractivity contribution in [2.24, 2.45) is 0 Å². The fourth-order valence-corrected chi connectivity index (χ4v) is 3.37. The first-order valence-corrected chi connectivity index (χ1v) is 9.14. The van der Waals surface area contributed by atoms with Crippen LogP contribution in [-0.4, -0.2) is 15.9 Å². The number of esters is 1. The number of aryl methyl sites for hydroxylation is 1. The lowest BCUT2D eigenvalue weighted by atomic mass is 10.1. The number of aromatic nitrogens is 2. The molecule has 122 valence electrons. The van der Waals surface area contributed by atoms with E-state index in [9.17, 15) is 4.79 Å². The molecule has 6 heteroatoms. The highest BCUT2D eigenvalue weighted by Gasteiger charge is 2.09. The van der Waals surface area contributed by atoms with Crippen molar-refractivity contribution in [3.05, 3.63) is 69.8 Å². The van der Waals surface area contributed by atoms with E-state index in [0.29, 0.717) is 12.8 Å². The van der Waals surface area contributed by atoms with Crippen molar-refractivity contribution in [3.8, 4) is 10.7 Å². The summed E-state index contributed by atoms with van der Waals surface area (Å²) in [5.41, 5.74) is 2.68. The minimum atomic E-state index is -0.220. The van der Waals surface area contributed by atoms with Crippen LogP contribution in [0.1, 0.15) is 17.7 Å². The van der Waals surface area contributed by atoms with Gasteiger partial charge in [-0.2, -0.15) is 0 Å². The Labute approximate surface area is 152 Å². The molecule has 0 aliphatic carbocycles. The number of thiazole rings is 1. The molecule has 4 nitrogen and oxygen atoms in total. The van der Waals surface area contributed by atoms with Crippen molar-refractivity contribution in [2.45, 2.75) is 19.4 Å². The predicted octanol–water partition coefficient (Wildman–Crippen LogP) is 4.64. The molecule has 0 N–H and O–H groups in total. The van der Waals surface area contributed by atoms with Crippen LogP contribution in [0.15, 0.2) is 58.5 Å². The van der Waals surface area contributed by atoms with Crippen LogP contribution in [0.5, 0.6) is 0 Å². The molecule has 0 saturated heterocycles. The minimum absolute atomic E-state index is 0.195. The molecule has 2 heterocycles. The van der Waals surface area contributed by atoms with Gasteiger partial charge in [-0.3, -0.25) is 9.78 Å². The molecule has 2 aromatic heterocycles. The lowest BCUT2D eigenvalue weighted by Crippen LogP contribution is -2.06. The second kappa shape index (κ2) is 8.17. The molecule has 0 atom stereocenters. The summed E-state index contributed by atoms with van der Waals surface area (Å²) >= 11 is 4.92. The van der Waals surface area contributed by atoms with Crippen molar-refractivity contribution in [3.63, 3.8) is 0 Å². The molecule has 0 aliphatic heterocycles. The number of ether oxygens (including phenoxy) is 1. The summed E-state index contributed by atoms with van der Waals surface area (Å²) in [5, 5.41) is 2.72. The summed E-state index contributed by atoms with van der Waals surface area (Å²) in [5.74, 6) is -0.220. The van der Waals surface area contributed by atoms with Gasteiger partial charge in [-0.15, -0.1) is 11.3 Å². The van der Waals surface area contributed by atoms with Gasteiger partial charge in [0.2, 0.25) is 0 Å². The highest BCUT2D eigenvalue weighted by molar-refractivity contribution is 9.10. The van der Waals surface area contributed by atoms with Crippen molar-refractivity contribution >= 4 is 33.2 Å². The number of halogens is 1. The normalized spacial score (nSPS) is 10.5. The van der Waals surface area contributed by atoms with Crippen LogP contribution in [0.3, 0.4) is 0 Å². The molecule has 0 spiro atoms. The standard InChI is InChI=1S/C18H15BrN2O2S/c19-14-5-3-4-13(10-14)7-8-17(22)23-11-15-12-24-18(21-15)16-6-1-2-9-20-16/h1-6,9-10,12H,7-8,11H2. The molecule has 1 aromatic carbocycles.